The van der Waals surface area contributed by atoms with E-state index in [9.17, 15) is 4.79 Å². The van der Waals surface area contributed by atoms with Crippen LogP contribution in [0.4, 0.5) is 5.69 Å². The monoisotopic (exact) mass is 489 g/mol. The lowest BCUT2D eigenvalue weighted by atomic mass is 9.94. The fourth-order valence-corrected chi connectivity index (χ4v) is 5.00. The maximum absolute atomic E-state index is 13.0. The van der Waals surface area contributed by atoms with Crippen LogP contribution < -0.4 is 10.1 Å². The lowest BCUT2D eigenvalue weighted by Gasteiger charge is -2.15. The third-order valence-electron chi connectivity index (χ3n) is 6.84. The number of hydrogen-bond donors (Lipinski definition) is 1. The number of hydrogen-bond acceptors (Lipinski definition) is 3. The van der Waals surface area contributed by atoms with Gasteiger partial charge in [-0.05, 0) is 66.8 Å². The molecule has 0 atom stereocenters. The fourth-order valence-electron chi connectivity index (χ4n) is 5.00. The van der Waals surface area contributed by atoms with Crippen molar-refractivity contribution >= 4 is 38.9 Å². The Labute approximate surface area is 217 Å². The number of furan rings is 1. The number of anilines is 1. The second kappa shape index (κ2) is 10.4. The van der Waals surface area contributed by atoms with E-state index in [0.717, 1.165) is 62.2 Å². The molecule has 0 aliphatic heterocycles. The van der Waals surface area contributed by atoms with Crippen LogP contribution in [0.25, 0.3) is 38.4 Å². The number of benzene rings is 4. The molecule has 1 amide bonds. The zero-order valence-electron chi connectivity index (χ0n) is 21.7. The summed E-state index contributed by atoms with van der Waals surface area (Å²) in [6.07, 6.45) is 4.32. The smallest absolute Gasteiger partial charge is 0.248 e. The minimum atomic E-state index is -0.167. The van der Waals surface area contributed by atoms with Gasteiger partial charge in [0, 0.05) is 33.8 Å². The van der Waals surface area contributed by atoms with Gasteiger partial charge in [0.1, 0.15) is 11.3 Å². The average molecular weight is 490 g/mol. The van der Waals surface area contributed by atoms with E-state index in [1.807, 2.05) is 57.4 Å². The molecule has 0 spiro atoms. The molecule has 1 N–H and O–H groups in total. The Hall–Kier alpha value is -4.31. The summed E-state index contributed by atoms with van der Waals surface area (Å²) in [6.45, 7) is 8.52. The van der Waals surface area contributed by atoms with E-state index in [1.165, 1.54) is 10.8 Å². The Balaban J connectivity index is 1.62. The van der Waals surface area contributed by atoms with E-state index < -0.39 is 0 Å². The molecule has 5 aromatic rings. The summed E-state index contributed by atoms with van der Waals surface area (Å²) in [7, 11) is 0. The molecule has 4 aromatic carbocycles. The standard InChI is InChI=1S/C33H31NO3/c1-5-23-12-8-10-17-30(23)34-31(35)18-21(3)27-19-28-29(20-37-33(28)22(4)32(27)36-6-2)26-16-11-14-24-13-7-9-15-25(24)26/h7-20H,5-6H2,1-4H3,(H,34,35)/b21-18+. The van der Waals surface area contributed by atoms with Crippen LogP contribution in [0, 0.1) is 6.92 Å². The van der Waals surface area contributed by atoms with Gasteiger partial charge in [-0.3, -0.25) is 4.79 Å². The van der Waals surface area contributed by atoms with Gasteiger partial charge in [0.2, 0.25) is 5.91 Å². The van der Waals surface area contributed by atoms with Crippen molar-refractivity contribution in [3.63, 3.8) is 0 Å². The van der Waals surface area contributed by atoms with Crippen LogP contribution >= 0.6 is 0 Å². The van der Waals surface area contributed by atoms with Crippen LogP contribution in [-0.2, 0) is 11.2 Å². The Kier molecular flexibility index (Phi) is 6.82. The van der Waals surface area contributed by atoms with E-state index >= 15 is 0 Å². The predicted octanol–water partition coefficient (Wildman–Crippen LogP) is 8.56. The molecule has 0 radical (unpaired) electrons. The summed E-state index contributed by atoms with van der Waals surface area (Å²) in [5.74, 6) is 0.574. The molecule has 0 bridgehead atoms. The zero-order chi connectivity index (χ0) is 25.9. The molecule has 0 saturated carbocycles. The summed E-state index contributed by atoms with van der Waals surface area (Å²) in [6, 6.07) is 24.6. The summed E-state index contributed by atoms with van der Waals surface area (Å²) in [4.78, 5) is 13.0. The highest BCUT2D eigenvalue weighted by atomic mass is 16.5. The first-order valence-electron chi connectivity index (χ1n) is 12.7. The van der Waals surface area contributed by atoms with Crippen LogP contribution in [0.2, 0.25) is 0 Å². The number of ether oxygens (including phenoxy) is 1. The van der Waals surface area contributed by atoms with Gasteiger partial charge in [0.05, 0.1) is 12.9 Å². The first kappa shape index (κ1) is 24.4. The van der Waals surface area contributed by atoms with Crippen molar-refractivity contribution in [2.75, 3.05) is 11.9 Å². The van der Waals surface area contributed by atoms with Crippen molar-refractivity contribution < 1.29 is 13.9 Å². The topological polar surface area (TPSA) is 51.5 Å². The number of carbonyl (C=O) groups is 1. The Morgan fingerprint density at radius 3 is 2.51 bits per heavy atom. The zero-order valence-corrected chi connectivity index (χ0v) is 21.7. The first-order chi connectivity index (χ1) is 18.0. The average Bonchev–Trinajstić information content (AvgIpc) is 3.34. The lowest BCUT2D eigenvalue weighted by molar-refractivity contribution is -0.111. The molecule has 0 saturated heterocycles. The van der Waals surface area contributed by atoms with Gasteiger partial charge in [0.25, 0.3) is 0 Å². The lowest BCUT2D eigenvalue weighted by Crippen LogP contribution is -2.10. The van der Waals surface area contributed by atoms with Gasteiger partial charge >= 0.3 is 0 Å². The molecular weight excluding hydrogens is 458 g/mol. The number of fused-ring (bicyclic) bond motifs is 2. The maximum atomic E-state index is 13.0. The van der Waals surface area contributed by atoms with Crippen LogP contribution in [0.3, 0.4) is 0 Å². The van der Waals surface area contributed by atoms with E-state index in [4.69, 9.17) is 9.15 Å². The molecule has 5 rings (SSSR count). The van der Waals surface area contributed by atoms with Crippen molar-refractivity contribution in [3.05, 3.63) is 102 Å². The predicted molar refractivity (Wildman–Crippen MR) is 153 cm³/mol. The van der Waals surface area contributed by atoms with E-state index in [2.05, 4.69) is 54.7 Å². The third-order valence-corrected chi connectivity index (χ3v) is 6.84. The number of aryl methyl sites for hydroxylation is 2. The molecule has 0 aliphatic carbocycles. The molecule has 37 heavy (non-hydrogen) atoms. The normalized spacial score (nSPS) is 11.7. The van der Waals surface area contributed by atoms with Crippen LogP contribution in [-0.4, -0.2) is 12.5 Å². The molecule has 0 aliphatic rings. The number of allylic oxidation sites excluding steroid dienone is 1. The number of rotatable bonds is 7. The molecule has 0 fully saturated rings. The SMILES string of the molecule is CCOc1c(/C(C)=C/C(=O)Nc2ccccc2CC)cc2c(-c3cccc4ccccc34)coc2c1C. The van der Waals surface area contributed by atoms with Crippen molar-refractivity contribution in [1.29, 1.82) is 0 Å². The highest BCUT2D eigenvalue weighted by molar-refractivity contribution is 6.08. The van der Waals surface area contributed by atoms with Gasteiger partial charge in [-0.15, -0.1) is 0 Å². The molecule has 4 heteroatoms. The number of amides is 1. The van der Waals surface area contributed by atoms with Crippen molar-refractivity contribution in [1.82, 2.24) is 0 Å². The number of carbonyl (C=O) groups excluding carboxylic acids is 1. The van der Waals surface area contributed by atoms with Gasteiger partial charge in [-0.2, -0.15) is 0 Å². The van der Waals surface area contributed by atoms with Crippen molar-refractivity contribution in [2.24, 2.45) is 0 Å². The van der Waals surface area contributed by atoms with E-state index in [1.54, 1.807) is 6.08 Å². The van der Waals surface area contributed by atoms with E-state index in [0.29, 0.717) is 6.61 Å². The Morgan fingerprint density at radius 1 is 0.946 bits per heavy atom. The summed E-state index contributed by atoms with van der Waals surface area (Å²) in [5.41, 5.74) is 7.50. The molecule has 0 unspecified atom stereocenters. The summed E-state index contributed by atoms with van der Waals surface area (Å²) < 4.78 is 12.2. The third kappa shape index (κ3) is 4.63. The van der Waals surface area contributed by atoms with Crippen LogP contribution in [0.1, 0.15) is 37.5 Å². The highest BCUT2D eigenvalue weighted by Crippen LogP contribution is 2.42. The summed E-state index contributed by atoms with van der Waals surface area (Å²) in [5, 5.41) is 6.39. The highest BCUT2D eigenvalue weighted by Gasteiger charge is 2.20. The molecule has 186 valence electrons. The quantitative estimate of drug-likeness (QED) is 0.233. The van der Waals surface area contributed by atoms with Gasteiger partial charge in [-0.25, -0.2) is 0 Å². The fraction of sp³-hybridized carbons (Fsp3) is 0.182. The molecule has 1 heterocycles. The van der Waals surface area contributed by atoms with Gasteiger partial charge in [-0.1, -0.05) is 67.6 Å². The van der Waals surface area contributed by atoms with Crippen LogP contribution in [0.15, 0.2) is 89.6 Å². The molecule has 1 aromatic heterocycles. The maximum Gasteiger partial charge on any atom is 0.248 e. The molecule has 4 nitrogen and oxygen atoms in total. The minimum absolute atomic E-state index is 0.167. The second-order valence-electron chi connectivity index (χ2n) is 9.19. The minimum Gasteiger partial charge on any atom is -0.493 e. The van der Waals surface area contributed by atoms with Gasteiger partial charge < -0.3 is 14.5 Å². The van der Waals surface area contributed by atoms with Crippen LogP contribution in [0.5, 0.6) is 5.75 Å². The van der Waals surface area contributed by atoms with Crippen molar-refractivity contribution in [3.8, 4) is 16.9 Å². The van der Waals surface area contributed by atoms with Gasteiger partial charge in [0.15, 0.2) is 0 Å². The first-order valence-corrected chi connectivity index (χ1v) is 12.7. The van der Waals surface area contributed by atoms with E-state index in [-0.39, 0.29) is 5.91 Å². The Morgan fingerprint density at radius 2 is 1.70 bits per heavy atom. The number of para-hydroxylation sites is 1. The molecular formula is C33H31NO3. The largest absolute Gasteiger partial charge is 0.493 e. The summed E-state index contributed by atoms with van der Waals surface area (Å²) >= 11 is 0. The van der Waals surface area contributed by atoms with Crippen molar-refractivity contribution in [2.45, 2.75) is 34.1 Å². The Bertz CT molecular complexity index is 1640. The second-order valence-corrected chi connectivity index (χ2v) is 9.19. The number of nitrogens with one attached hydrogen (secondary N) is 1.